The monoisotopic (exact) mass is 306 g/mol. The van der Waals surface area contributed by atoms with Gasteiger partial charge in [0.1, 0.15) is 0 Å². The highest BCUT2D eigenvalue weighted by molar-refractivity contribution is 5.79. The molecule has 122 valence electrons. The maximum Gasteiger partial charge on any atom is 0.265 e. The molecule has 0 saturated heterocycles. The molecular formula is C16H26N4O2. The summed E-state index contributed by atoms with van der Waals surface area (Å²) in [6.07, 6.45) is 8.56. The molecule has 2 fully saturated rings. The van der Waals surface area contributed by atoms with Gasteiger partial charge in [-0.3, -0.25) is 4.79 Å². The van der Waals surface area contributed by atoms with Crippen molar-refractivity contribution in [3.63, 3.8) is 0 Å². The zero-order chi connectivity index (χ0) is 15.5. The van der Waals surface area contributed by atoms with Gasteiger partial charge in [0.05, 0.1) is 0 Å². The molecule has 0 bridgehead atoms. The first kappa shape index (κ1) is 15.3. The second-order valence-corrected chi connectivity index (χ2v) is 6.87. The van der Waals surface area contributed by atoms with Crippen molar-refractivity contribution in [1.29, 1.82) is 0 Å². The largest absolute Gasteiger partial charge is 0.353 e. The quantitative estimate of drug-likeness (QED) is 0.925. The fourth-order valence-corrected chi connectivity index (χ4v) is 3.57. The van der Waals surface area contributed by atoms with Crippen LogP contribution in [0.5, 0.6) is 0 Å². The van der Waals surface area contributed by atoms with Crippen LogP contribution in [0.25, 0.3) is 0 Å². The van der Waals surface area contributed by atoms with Gasteiger partial charge in [-0.25, -0.2) is 0 Å². The summed E-state index contributed by atoms with van der Waals surface area (Å²) < 4.78 is 5.37. The Kier molecular flexibility index (Phi) is 4.64. The van der Waals surface area contributed by atoms with Crippen molar-refractivity contribution in [2.75, 3.05) is 19.0 Å². The lowest BCUT2D eigenvalue weighted by Gasteiger charge is -2.28. The Balaban J connectivity index is 1.48. The van der Waals surface area contributed by atoms with E-state index in [1.807, 2.05) is 19.0 Å². The lowest BCUT2D eigenvalue weighted by atomic mass is 9.85. The van der Waals surface area contributed by atoms with Crippen LogP contribution in [0.4, 0.5) is 5.95 Å². The number of hydrogen-bond acceptors (Lipinski definition) is 5. The molecule has 3 rings (SSSR count). The van der Waals surface area contributed by atoms with Crippen LogP contribution < -0.4 is 10.2 Å². The van der Waals surface area contributed by atoms with E-state index in [0.29, 0.717) is 17.9 Å². The van der Waals surface area contributed by atoms with Gasteiger partial charge in [0.15, 0.2) is 0 Å². The highest BCUT2D eigenvalue weighted by Gasteiger charge is 2.29. The number of nitrogens with zero attached hydrogens (tertiary/aromatic N) is 3. The third kappa shape index (κ3) is 3.42. The van der Waals surface area contributed by atoms with Crippen molar-refractivity contribution in [3.05, 3.63) is 5.89 Å². The third-order valence-electron chi connectivity index (χ3n) is 4.98. The SMILES string of the molecule is CN(C)c1noc(C2CCC(NC(=O)C3CCCC3)CC2)n1. The number of anilines is 1. The topological polar surface area (TPSA) is 71.3 Å². The normalized spacial score (nSPS) is 26.1. The Labute approximate surface area is 131 Å². The highest BCUT2D eigenvalue weighted by Crippen LogP contribution is 2.33. The zero-order valence-corrected chi connectivity index (χ0v) is 13.5. The standard InChI is InChI=1S/C16H26N4O2/c1-20(2)16-18-15(22-19-16)12-7-9-13(10-8-12)17-14(21)11-5-3-4-6-11/h11-13H,3-10H2,1-2H3,(H,17,21). The average molecular weight is 306 g/mol. The maximum atomic E-state index is 12.2. The Hall–Kier alpha value is -1.59. The van der Waals surface area contributed by atoms with Crippen molar-refractivity contribution in [2.45, 2.75) is 63.3 Å². The molecule has 22 heavy (non-hydrogen) atoms. The van der Waals surface area contributed by atoms with Crippen molar-refractivity contribution in [1.82, 2.24) is 15.5 Å². The molecule has 0 aromatic carbocycles. The Bertz CT molecular complexity index is 500. The first-order chi connectivity index (χ1) is 10.6. The van der Waals surface area contributed by atoms with E-state index in [0.717, 1.165) is 44.4 Å². The van der Waals surface area contributed by atoms with Gasteiger partial charge in [0.2, 0.25) is 11.8 Å². The molecule has 6 heteroatoms. The maximum absolute atomic E-state index is 12.2. The van der Waals surface area contributed by atoms with E-state index < -0.39 is 0 Å². The van der Waals surface area contributed by atoms with Crippen molar-refractivity contribution >= 4 is 11.9 Å². The summed E-state index contributed by atoms with van der Waals surface area (Å²) >= 11 is 0. The number of rotatable bonds is 4. The van der Waals surface area contributed by atoms with Crippen LogP contribution >= 0.6 is 0 Å². The molecule has 0 atom stereocenters. The lowest BCUT2D eigenvalue weighted by Crippen LogP contribution is -2.40. The lowest BCUT2D eigenvalue weighted by molar-refractivity contribution is -0.125. The summed E-state index contributed by atoms with van der Waals surface area (Å²) in [5, 5.41) is 7.22. The minimum Gasteiger partial charge on any atom is -0.353 e. The van der Waals surface area contributed by atoms with Crippen LogP contribution in [0.1, 0.15) is 63.2 Å². The van der Waals surface area contributed by atoms with Crippen LogP contribution in [0.2, 0.25) is 0 Å². The van der Waals surface area contributed by atoms with Crippen molar-refractivity contribution in [2.24, 2.45) is 5.92 Å². The number of carbonyl (C=O) groups excluding carboxylic acids is 1. The number of aromatic nitrogens is 2. The molecule has 0 radical (unpaired) electrons. The van der Waals surface area contributed by atoms with E-state index in [4.69, 9.17) is 4.52 Å². The molecule has 1 aromatic heterocycles. The molecule has 2 aliphatic rings. The van der Waals surface area contributed by atoms with E-state index in [1.54, 1.807) is 0 Å². The molecule has 1 heterocycles. The number of carbonyl (C=O) groups is 1. The molecule has 1 aromatic rings. The molecule has 2 saturated carbocycles. The molecule has 0 spiro atoms. The zero-order valence-electron chi connectivity index (χ0n) is 13.5. The van der Waals surface area contributed by atoms with E-state index in [1.165, 1.54) is 12.8 Å². The molecule has 1 amide bonds. The smallest absolute Gasteiger partial charge is 0.265 e. The molecule has 0 unspecified atom stereocenters. The van der Waals surface area contributed by atoms with E-state index in [2.05, 4.69) is 15.5 Å². The minimum absolute atomic E-state index is 0.260. The Morgan fingerprint density at radius 3 is 2.41 bits per heavy atom. The summed E-state index contributed by atoms with van der Waals surface area (Å²) in [6.45, 7) is 0. The fraction of sp³-hybridized carbons (Fsp3) is 0.812. The van der Waals surface area contributed by atoms with Crippen LogP contribution in [0.15, 0.2) is 4.52 Å². The summed E-state index contributed by atoms with van der Waals surface area (Å²) in [5.74, 6) is 2.24. The van der Waals surface area contributed by atoms with Gasteiger partial charge in [-0.05, 0) is 43.7 Å². The highest BCUT2D eigenvalue weighted by atomic mass is 16.5. The molecule has 1 N–H and O–H groups in total. The molecular weight excluding hydrogens is 280 g/mol. The van der Waals surface area contributed by atoms with Crippen molar-refractivity contribution < 1.29 is 9.32 Å². The van der Waals surface area contributed by atoms with Gasteiger partial charge < -0.3 is 14.7 Å². The summed E-state index contributed by atoms with van der Waals surface area (Å²) in [4.78, 5) is 18.5. The van der Waals surface area contributed by atoms with Gasteiger partial charge in [0.25, 0.3) is 5.95 Å². The second-order valence-electron chi connectivity index (χ2n) is 6.87. The van der Waals surface area contributed by atoms with Gasteiger partial charge in [-0.1, -0.05) is 12.8 Å². The minimum atomic E-state index is 0.260. The first-order valence-corrected chi connectivity index (χ1v) is 8.45. The first-order valence-electron chi connectivity index (χ1n) is 8.45. The summed E-state index contributed by atoms with van der Waals surface area (Å²) in [6, 6.07) is 0.320. The average Bonchev–Trinajstić information content (AvgIpc) is 3.20. The second kappa shape index (κ2) is 6.67. The molecule has 6 nitrogen and oxygen atoms in total. The predicted molar refractivity (Wildman–Crippen MR) is 83.7 cm³/mol. The van der Waals surface area contributed by atoms with Gasteiger partial charge >= 0.3 is 0 Å². The van der Waals surface area contributed by atoms with E-state index in [-0.39, 0.29) is 11.8 Å². The number of hydrogen-bond donors (Lipinski definition) is 1. The van der Waals surface area contributed by atoms with Crippen molar-refractivity contribution in [3.8, 4) is 0 Å². The summed E-state index contributed by atoms with van der Waals surface area (Å²) in [7, 11) is 3.81. The van der Waals surface area contributed by atoms with Gasteiger partial charge in [0, 0.05) is 32.0 Å². The van der Waals surface area contributed by atoms with Gasteiger partial charge in [-0.15, -0.1) is 0 Å². The Morgan fingerprint density at radius 2 is 1.82 bits per heavy atom. The Morgan fingerprint density at radius 1 is 1.14 bits per heavy atom. The van der Waals surface area contributed by atoms with E-state index >= 15 is 0 Å². The van der Waals surface area contributed by atoms with E-state index in [9.17, 15) is 4.79 Å². The summed E-state index contributed by atoms with van der Waals surface area (Å²) in [5.41, 5.74) is 0. The van der Waals surface area contributed by atoms with Crippen LogP contribution in [0.3, 0.4) is 0 Å². The fourth-order valence-electron chi connectivity index (χ4n) is 3.57. The van der Waals surface area contributed by atoms with Gasteiger partial charge in [-0.2, -0.15) is 4.98 Å². The number of nitrogens with one attached hydrogen (secondary N) is 1. The van der Waals surface area contributed by atoms with Crippen LogP contribution in [0, 0.1) is 5.92 Å². The van der Waals surface area contributed by atoms with Crippen LogP contribution in [-0.2, 0) is 4.79 Å². The molecule has 2 aliphatic carbocycles. The van der Waals surface area contributed by atoms with Crippen LogP contribution in [-0.4, -0.2) is 36.2 Å². The third-order valence-corrected chi connectivity index (χ3v) is 4.98. The number of amides is 1. The molecule has 0 aliphatic heterocycles. The predicted octanol–water partition coefficient (Wildman–Crippen LogP) is 2.47.